The van der Waals surface area contributed by atoms with Crippen molar-refractivity contribution in [1.29, 1.82) is 0 Å². The maximum Gasteiger partial charge on any atom is 0.261 e. The van der Waals surface area contributed by atoms with Crippen LogP contribution in [-0.4, -0.2) is 12.5 Å². The number of rotatable bonds is 3. The molecular weight excluding hydrogens is 182 g/mol. The largest absolute Gasteiger partial charge is 0.352 e. The van der Waals surface area contributed by atoms with Gasteiger partial charge in [0.05, 0.1) is 4.88 Å². The van der Waals surface area contributed by atoms with Crippen LogP contribution in [0.25, 0.3) is 0 Å². The second-order valence-corrected chi connectivity index (χ2v) is 4.33. The van der Waals surface area contributed by atoms with Gasteiger partial charge in [-0.05, 0) is 25.0 Å². The topological polar surface area (TPSA) is 29.1 Å². The molecule has 0 fully saturated rings. The molecule has 0 aliphatic rings. The zero-order valence-corrected chi connectivity index (χ0v) is 9.07. The van der Waals surface area contributed by atoms with Gasteiger partial charge in [-0.15, -0.1) is 11.3 Å². The summed E-state index contributed by atoms with van der Waals surface area (Å²) < 4.78 is 0. The molecule has 1 rings (SSSR count). The number of nitrogens with one attached hydrogen (secondary N) is 1. The van der Waals surface area contributed by atoms with Crippen LogP contribution in [0.15, 0.2) is 12.1 Å². The third kappa shape index (κ3) is 2.56. The summed E-state index contributed by atoms with van der Waals surface area (Å²) in [7, 11) is 0. The number of hydrogen-bond donors (Lipinski definition) is 1. The fourth-order valence-corrected chi connectivity index (χ4v) is 1.96. The lowest BCUT2D eigenvalue weighted by atomic mass is 10.2. The molecule has 0 bridgehead atoms. The summed E-state index contributed by atoms with van der Waals surface area (Å²) in [6, 6.07) is 3.92. The second-order valence-electron chi connectivity index (χ2n) is 3.22. The first kappa shape index (κ1) is 10.3. The van der Waals surface area contributed by atoms with Crippen molar-refractivity contribution in [2.45, 2.75) is 26.7 Å². The van der Waals surface area contributed by atoms with E-state index in [1.165, 1.54) is 4.88 Å². The molecule has 0 saturated carbocycles. The lowest BCUT2D eigenvalue weighted by Crippen LogP contribution is -2.21. The summed E-state index contributed by atoms with van der Waals surface area (Å²) in [6.45, 7) is 6.88. The molecule has 1 aromatic heterocycles. The van der Waals surface area contributed by atoms with Crippen LogP contribution in [0.1, 0.15) is 41.2 Å². The van der Waals surface area contributed by atoms with Crippen molar-refractivity contribution in [1.82, 2.24) is 5.32 Å². The summed E-state index contributed by atoms with van der Waals surface area (Å²) in [4.78, 5) is 13.5. The number of amides is 1. The highest BCUT2D eigenvalue weighted by atomic mass is 32.1. The Labute approximate surface area is 83.0 Å². The minimum absolute atomic E-state index is 0.0411. The summed E-state index contributed by atoms with van der Waals surface area (Å²) in [5, 5.41) is 2.79. The predicted octanol–water partition coefficient (Wildman–Crippen LogP) is 2.62. The van der Waals surface area contributed by atoms with Gasteiger partial charge in [-0.2, -0.15) is 0 Å². The molecular formula is C10H15NOS. The Morgan fingerprint density at radius 3 is 2.69 bits per heavy atom. The van der Waals surface area contributed by atoms with Gasteiger partial charge in [-0.25, -0.2) is 0 Å². The summed E-state index contributed by atoms with van der Waals surface area (Å²) in [5.74, 6) is 0.549. The highest BCUT2D eigenvalue weighted by molar-refractivity contribution is 7.14. The van der Waals surface area contributed by atoms with Gasteiger partial charge in [-0.1, -0.05) is 13.8 Å². The molecule has 1 aromatic rings. The van der Waals surface area contributed by atoms with Gasteiger partial charge in [0.2, 0.25) is 0 Å². The molecule has 0 unspecified atom stereocenters. The molecule has 1 heterocycles. The third-order valence-electron chi connectivity index (χ3n) is 1.76. The van der Waals surface area contributed by atoms with E-state index in [-0.39, 0.29) is 5.91 Å². The first-order chi connectivity index (χ1) is 6.15. The fourth-order valence-electron chi connectivity index (χ4n) is 1.03. The van der Waals surface area contributed by atoms with Crippen LogP contribution in [-0.2, 0) is 0 Å². The molecule has 0 spiro atoms. The molecule has 1 N–H and O–H groups in total. The molecule has 72 valence electrons. The van der Waals surface area contributed by atoms with Gasteiger partial charge in [-0.3, -0.25) is 4.79 Å². The Kier molecular flexibility index (Phi) is 3.48. The maximum absolute atomic E-state index is 11.4. The minimum atomic E-state index is 0.0411. The Hall–Kier alpha value is -0.830. The molecule has 13 heavy (non-hydrogen) atoms. The van der Waals surface area contributed by atoms with E-state index in [9.17, 15) is 4.79 Å². The Morgan fingerprint density at radius 1 is 1.54 bits per heavy atom. The summed E-state index contributed by atoms with van der Waals surface area (Å²) in [6.07, 6.45) is 0. The monoisotopic (exact) mass is 197 g/mol. The number of hydrogen-bond acceptors (Lipinski definition) is 2. The number of carbonyl (C=O) groups is 1. The highest BCUT2D eigenvalue weighted by Crippen LogP contribution is 2.23. The fraction of sp³-hybridized carbons (Fsp3) is 0.500. The standard InChI is InChI=1S/C10H15NOS/c1-4-11-10(12)9-6-5-8(13-9)7(2)3/h5-7H,4H2,1-3H3,(H,11,12). The van der Waals surface area contributed by atoms with E-state index in [2.05, 4.69) is 19.2 Å². The van der Waals surface area contributed by atoms with Crippen molar-refractivity contribution in [2.24, 2.45) is 0 Å². The zero-order valence-electron chi connectivity index (χ0n) is 8.26. The predicted molar refractivity (Wildman–Crippen MR) is 56.4 cm³/mol. The Balaban J connectivity index is 2.73. The Bertz CT molecular complexity index is 291. The van der Waals surface area contributed by atoms with Gasteiger partial charge < -0.3 is 5.32 Å². The van der Waals surface area contributed by atoms with Crippen LogP contribution in [0.2, 0.25) is 0 Å². The lowest BCUT2D eigenvalue weighted by Gasteiger charge is -1.99. The molecule has 0 aliphatic heterocycles. The average molecular weight is 197 g/mol. The van der Waals surface area contributed by atoms with Crippen LogP contribution in [0.5, 0.6) is 0 Å². The van der Waals surface area contributed by atoms with Crippen LogP contribution < -0.4 is 5.32 Å². The lowest BCUT2D eigenvalue weighted by molar-refractivity contribution is 0.0960. The molecule has 2 nitrogen and oxygen atoms in total. The second kappa shape index (κ2) is 4.42. The van der Waals surface area contributed by atoms with E-state index in [4.69, 9.17) is 0 Å². The van der Waals surface area contributed by atoms with Crippen molar-refractivity contribution >= 4 is 17.2 Å². The summed E-state index contributed by atoms with van der Waals surface area (Å²) >= 11 is 1.58. The third-order valence-corrected chi connectivity index (χ3v) is 3.14. The number of carbonyl (C=O) groups excluding carboxylic acids is 1. The van der Waals surface area contributed by atoms with E-state index < -0.39 is 0 Å². The molecule has 1 amide bonds. The van der Waals surface area contributed by atoms with Crippen LogP contribution in [0, 0.1) is 0 Å². The first-order valence-electron chi connectivity index (χ1n) is 4.53. The van der Waals surface area contributed by atoms with Crippen LogP contribution in [0.4, 0.5) is 0 Å². The van der Waals surface area contributed by atoms with E-state index in [1.54, 1.807) is 11.3 Å². The van der Waals surface area contributed by atoms with E-state index in [1.807, 2.05) is 19.1 Å². The zero-order chi connectivity index (χ0) is 9.84. The highest BCUT2D eigenvalue weighted by Gasteiger charge is 2.09. The normalized spacial score (nSPS) is 10.5. The Morgan fingerprint density at radius 2 is 2.23 bits per heavy atom. The van der Waals surface area contributed by atoms with E-state index in [0.29, 0.717) is 12.5 Å². The van der Waals surface area contributed by atoms with Gasteiger partial charge in [0.1, 0.15) is 0 Å². The maximum atomic E-state index is 11.4. The quantitative estimate of drug-likeness (QED) is 0.793. The molecule has 3 heteroatoms. The SMILES string of the molecule is CCNC(=O)c1ccc(C(C)C)s1. The number of thiophene rings is 1. The first-order valence-corrected chi connectivity index (χ1v) is 5.34. The summed E-state index contributed by atoms with van der Waals surface area (Å²) in [5.41, 5.74) is 0. The van der Waals surface area contributed by atoms with Gasteiger partial charge >= 0.3 is 0 Å². The van der Waals surface area contributed by atoms with E-state index >= 15 is 0 Å². The minimum Gasteiger partial charge on any atom is -0.352 e. The van der Waals surface area contributed by atoms with Gasteiger partial charge in [0, 0.05) is 11.4 Å². The van der Waals surface area contributed by atoms with Crippen LogP contribution in [0.3, 0.4) is 0 Å². The molecule has 0 aliphatic carbocycles. The van der Waals surface area contributed by atoms with Crippen LogP contribution >= 0.6 is 11.3 Å². The molecule has 0 radical (unpaired) electrons. The van der Waals surface area contributed by atoms with Gasteiger partial charge in [0.15, 0.2) is 0 Å². The van der Waals surface area contributed by atoms with Crippen molar-refractivity contribution in [2.75, 3.05) is 6.54 Å². The van der Waals surface area contributed by atoms with Crippen molar-refractivity contribution in [3.8, 4) is 0 Å². The average Bonchev–Trinajstić information content (AvgIpc) is 2.52. The molecule has 0 atom stereocenters. The van der Waals surface area contributed by atoms with Gasteiger partial charge in [0.25, 0.3) is 5.91 Å². The van der Waals surface area contributed by atoms with Crippen molar-refractivity contribution in [3.05, 3.63) is 21.9 Å². The molecule has 0 saturated heterocycles. The van der Waals surface area contributed by atoms with E-state index in [0.717, 1.165) is 4.88 Å². The van der Waals surface area contributed by atoms with Crippen molar-refractivity contribution < 1.29 is 4.79 Å². The van der Waals surface area contributed by atoms with Crippen molar-refractivity contribution in [3.63, 3.8) is 0 Å². The smallest absolute Gasteiger partial charge is 0.261 e. The molecule has 0 aromatic carbocycles.